The predicted octanol–water partition coefficient (Wildman–Crippen LogP) is 6.39. The van der Waals surface area contributed by atoms with E-state index in [1.54, 1.807) is 12.1 Å². The minimum absolute atomic E-state index is 0.0349. The van der Waals surface area contributed by atoms with Crippen LogP contribution in [-0.2, 0) is 37.8 Å². The van der Waals surface area contributed by atoms with E-state index in [1.807, 2.05) is 40.4 Å². The van der Waals surface area contributed by atoms with E-state index in [9.17, 15) is 51.3 Å². The number of nitrogens with zero attached hydrogens (tertiary/aromatic N) is 4. The number of aromatic amines is 1. The molecule has 5 aromatic rings. The number of benzene rings is 2. The number of carbonyl (C=O) groups excluding carboxylic acids is 1. The Bertz CT molecular complexity index is 2520. The molecule has 1 saturated heterocycles. The van der Waals surface area contributed by atoms with Gasteiger partial charge in [-0.3, -0.25) is 4.79 Å². The largest absolute Gasteiger partial charge is 0.506 e. The number of ether oxygens (including phenoxy) is 1. The second kappa shape index (κ2) is 21.1. The van der Waals surface area contributed by atoms with Gasteiger partial charge in [0.25, 0.3) is 0 Å². The van der Waals surface area contributed by atoms with Crippen LogP contribution >= 0.6 is 11.3 Å². The first-order valence-electron chi connectivity index (χ1n) is 21.5. The van der Waals surface area contributed by atoms with E-state index in [0.29, 0.717) is 27.9 Å². The van der Waals surface area contributed by atoms with Gasteiger partial charge in [0.2, 0.25) is 5.56 Å². The zero-order valence-electron chi connectivity index (χ0n) is 35.9. The molecular weight excluding hydrogens is 919 g/mol. The van der Waals surface area contributed by atoms with E-state index >= 15 is 0 Å². The average molecular weight is 969 g/mol. The molecule has 1 spiro atoms. The Labute approximate surface area is 382 Å². The number of aliphatic carboxylic acids is 2. The number of aliphatic hydroxyl groups is 2. The fourth-order valence-electron chi connectivity index (χ4n) is 8.95. The number of piperidine rings is 1. The highest BCUT2D eigenvalue weighted by atomic mass is 32.1. The van der Waals surface area contributed by atoms with Crippen molar-refractivity contribution in [3.05, 3.63) is 86.3 Å². The fourth-order valence-corrected chi connectivity index (χ4v) is 9.84. The summed E-state index contributed by atoms with van der Waals surface area (Å²) in [6.45, 7) is 4.66. The number of hydrogen-bond donors (Lipinski definition) is 7. The van der Waals surface area contributed by atoms with Gasteiger partial charge in [-0.05, 0) is 117 Å². The lowest BCUT2D eigenvalue weighted by Crippen LogP contribution is -2.52. The van der Waals surface area contributed by atoms with E-state index in [1.165, 1.54) is 23.5 Å². The number of likely N-dealkylation sites (tertiary alicyclic amines) is 1. The molecular formula is C44H50F6N6O10S. The third kappa shape index (κ3) is 12.5. The van der Waals surface area contributed by atoms with Gasteiger partial charge in [0, 0.05) is 41.9 Å². The van der Waals surface area contributed by atoms with Crippen LogP contribution in [0.15, 0.2) is 64.8 Å². The lowest BCUT2D eigenvalue weighted by atomic mass is 9.61. The number of carboxylic acids is 2. The Morgan fingerprint density at radius 1 is 0.940 bits per heavy atom. The number of rotatable bonds is 13. The maximum atomic E-state index is 13.4. The summed E-state index contributed by atoms with van der Waals surface area (Å²) < 4.78 is 71.5. The predicted molar refractivity (Wildman–Crippen MR) is 230 cm³/mol. The Balaban J connectivity index is 0.000000461. The number of pyridine rings is 1. The summed E-state index contributed by atoms with van der Waals surface area (Å²) in [5.41, 5.74) is 2.19. The van der Waals surface area contributed by atoms with E-state index in [0.717, 1.165) is 101 Å². The number of esters is 1. The van der Waals surface area contributed by atoms with E-state index in [2.05, 4.69) is 25.5 Å². The number of aryl methyl sites for hydroxylation is 1. The molecule has 3 aliphatic rings. The summed E-state index contributed by atoms with van der Waals surface area (Å²) in [5, 5.41) is 61.6. The lowest BCUT2D eigenvalue weighted by Gasteiger charge is -2.52. The topological polar surface area (TPSA) is 240 Å². The molecule has 0 radical (unpaired) electrons. The number of halogens is 6. The second-order valence-electron chi connectivity index (χ2n) is 17.0. The number of alkyl halides is 6. The van der Waals surface area contributed by atoms with Crippen molar-refractivity contribution in [1.29, 1.82) is 0 Å². The number of hydrogen-bond acceptors (Lipinski definition) is 13. The maximum Gasteiger partial charge on any atom is 0.490 e. The molecule has 2 aliphatic carbocycles. The lowest BCUT2D eigenvalue weighted by molar-refractivity contribution is -0.193. The molecule has 23 heteroatoms. The van der Waals surface area contributed by atoms with Crippen LogP contribution < -0.4 is 10.9 Å². The molecule has 3 aromatic heterocycles. The molecule has 16 nitrogen and oxygen atoms in total. The molecule has 0 amide bonds. The highest BCUT2D eigenvalue weighted by Gasteiger charge is 2.53. The summed E-state index contributed by atoms with van der Waals surface area (Å²) in [7, 11) is 0. The van der Waals surface area contributed by atoms with Crippen molar-refractivity contribution in [3.8, 4) is 5.75 Å². The van der Waals surface area contributed by atoms with Gasteiger partial charge in [-0.1, -0.05) is 36.3 Å². The monoisotopic (exact) mass is 968 g/mol. The molecule has 8 rings (SSSR count). The molecule has 1 aliphatic heterocycles. The van der Waals surface area contributed by atoms with Crippen molar-refractivity contribution in [2.24, 2.45) is 11.3 Å². The van der Waals surface area contributed by atoms with Gasteiger partial charge < -0.3 is 45.5 Å². The van der Waals surface area contributed by atoms with Crippen molar-refractivity contribution in [1.82, 2.24) is 30.2 Å². The van der Waals surface area contributed by atoms with Crippen molar-refractivity contribution in [2.75, 3.05) is 26.2 Å². The first kappa shape index (κ1) is 50.8. The third-order valence-corrected chi connectivity index (χ3v) is 13.5. The number of carboxylic acid groups (broad SMARTS) is 2. The molecule has 2 saturated carbocycles. The van der Waals surface area contributed by atoms with Crippen molar-refractivity contribution < 1.29 is 71.0 Å². The van der Waals surface area contributed by atoms with Crippen LogP contribution in [0, 0.1) is 11.3 Å². The summed E-state index contributed by atoms with van der Waals surface area (Å²) >= 11 is 1.44. The van der Waals surface area contributed by atoms with E-state index < -0.39 is 42.0 Å². The second-order valence-corrected chi connectivity index (χ2v) is 18.0. The van der Waals surface area contributed by atoms with Crippen LogP contribution in [0.4, 0.5) is 26.3 Å². The number of aromatic nitrogens is 4. The quantitative estimate of drug-likeness (QED) is 0.0500. The van der Waals surface area contributed by atoms with Crippen LogP contribution in [0.3, 0.4) is 0 Å². The Morgan fingerprint density at radius 2 is 1.60 bits per heavy atom. The molecule has 67 heavy (non-hydrogen) atoms. The molecule has 2 atom stereocenters. The van der Waals surface area contributed by atoms with Crippen LogP contribution in [0.2, 0.25) is 0 Å². The number of thiophene rings is 1. The first-order chi connectivity index (χ1) is 31.6. The number of phenolic OH excluding ortho intramolecular Hbond substituents is 1. The van der Waals surface area contributed by atoms with Gasteiger partial charge in [-0.15, -0.1) is 16.4 Å². The maximum absolute atomic E-state index is 13.4. The Morgan fingerprint density at radius 3 is 2.21 bits per heavy atom. The van der Waals surface area contributed by atoms with Gasteiger partial charge in [-0.2, -0.15) is 26.3 Å². The molecule has 1 unspecified atom stereocenters. The van der Waals surface area contributed by atoms with Crippen molar-refractivity contribution >= 4 is 51.2 Å². The average Bonchev–Trinajstić information content (AvgIpc) is 4.08. The highest BCUT2D eigenvalue weighted by molar-refractivity contribution is 7.10. The number of aromatic hydroxyl groups is 1. The van der Waals surface area contributed by atoms with E-state index in [-0.39, 0.29) is 35.3 Å². The van der Waals surface area contributed by atoms with Crippen LogP contribution in [-0.4, -0.2) is 113 Å². The number of H-pyrrole nitrogens is 1. The molecule has 7 N–H and O–H groups in total. The zero-order chi connectivity index (χ0) is 48.7. The van der Waals surface area contributed by atoms with Gasteiger partial charge in [0.15, 0.2) is 5.60 Å². The highest BCUT2D eigenvalue weighted by Crippen LogP contribution is 2.52. The number of aliphatic hydroxyl groups excluding tert-OH is 1. The molecule has 0 bridgehead atoms. The van der Waals surface area contributed by atoms with Crippen molar-refractivity contribution in [2.45, 2.75) is 101 Å². The van der Waals surface area contributed by atoms with Gasteiger partial charge in [0.1, 0.15) is 17.4 Å². The number of nitrogens with one attached hydrogen (secondary N) is 2. The zero-order valence-corrected chi connectivity index (χ0v) is 36.7. The van der Waals surface area contributed by atoms with Crippen LogP contribution in [0.25, 0.3) is 21.9 Å². The first-order valence-corrected chi connectivity index (χ1v) is 22.3. The number of fused-ring (bicyclic) bond motifs is 2. The smallest absolute Gasteiger partial charge is 0.490 e. The summed E-state index contributed by atoms with van der Waals surface area (Å²) in [5.74, 6) is -6.06. The Kier molecular flexibility index (Phi) is 16.0. The summed E-state index contributed by atoms with van der Waals surface area (Å²) in [6.07, 6.45) is -2.33. The Hall–Kier alpha value is -5.62. The molecule has 364 valence electrons. The van der Waals surface area contributed by atoms with Gasteiger partial charge in [-0.25, -0.2) is 19.1 Å². The third-order valence-electron chi connectivity index (χ3n) is 12.5. The minimum atomic E-state index is -5.08. The molecule has 4 heterocycles. The minimum Gasteiger partial charge on any atom is -0.506 e. The number of phenols is 1. The summed E-state index contributed by atoms with van der Waals surface area (Å²) in [4.78, 5) is 48.8. The standard InChI is InChI=1S/C40H48N6O6S.2C2HF3O2/c47-33-12-9-29(30-10-13-36(49)42-37(30)33)34(48)25-41-24-26-8-11-32-31(21-26)43-44-46(32)17-4-16-45-18-14-39(15-19-45)22-28(23-39)52-38(50)40(51,27-5-1-2-6-27)35-7-3-20-53-35;2*3-2(4,5)1(6)7/h3,7-13,20-21,27-28,34,41,47-48,51H,1-2,4-6,14-19,22-25H2,(H,42,49);2*(H,6,7)/t34-,40?;;/m0../s1. The van der Waals surface area contributed by atoms with Crippen LogP contribution in [0.5, 0.6) is 5.75 Å². The fraction of sp³-hybridized carbons (Fsp3) is 0.500. The molecule has 3 fully saturated rings. The van der Waals surface area contributed by atoms with Crippen molar-refractivity contribution in [3.63, 3.8) is 0 Å². The number of carbonyl (C=O) groups is 3. The van der Waals surface area contributed by atoms with Gasteiger partial charge in [0.05, 0.1) is 17.1 Å². The normalized spacial score (nSPS) is 18.0. The van der Waals surface area contributed by atoms with E-state index in [4.69, 9.17) is 24.5 Å². The van der Waals surface area contributed by atoms with Crippen LogP contribution in [0.1, 0.15) is 79.9 Å². The molecule has 2 aromatic carbocycles. The van der Waals surface area contributed by atoms with Gasteiger partial charge >= 0.3 is 30.3 Å². The SMILES string of the molecule is O=C(O)C(F)(F)F.O=C(O)C(F)(F)F.O=C(OC1CC2(CCN(CCCn3nnc4cc(CNC[C@H](O)c5ccc(O)c6[nH]c(=O)ccc56)ccc43)CC2)C1)C(O)(c1cccs1)C1CCCC1. The summed E-state index contributed by atoms with van der Waals surface area (Å²) in [6, 6.07) is 16.0.